The second-order valence-corrected chi connectivity index (χ2v) is 14.7. The van der Waals surface area contributed by atoms with E-state index in [4.69, 9.17) is 46.4 Å². The van der Waals surface area contributed by atoms with E-state index in [2.05, 4.69) is 5.32 Å². The molecule has 4 aromatic rings. The zero-order valence-corrected chi connectivity index (χ0v) is 29.9. The van der Waals surface area contributed by atoms with Crippen molar-refractivity contribution in [2.75, 3.05) is 10.8 Å². The number of rotatable bonds is 13. The highest BCUT2D eigenvalue weighted by molar-refractivity contribution is 7.92. The molecule has 7 nitrogen and oxygen atoms in total. The summed E-state index contributed by atoms with van der Waals surface area (Å²) in [6.45, 7) is 4.79. The molecule has 0 fully saturated rings. The molecule has 0 spiro atoms. The first-order valence-corrected chi connectivity index (χ1v) is 17.9. The Morgan fingerprint density at radius 2 is 1.43 bits per heavy atom. The highest BCUT2D eigenvalue weighted by atomic mass is 35.5. The lowest BCUT2D eigenvalue weighted by molar-refractivity contribution is -0.140. The van der Waals surface area contributed by atoms with Gasteiger partial charge in [0, 0.05) is 44.7 Å². The van der Waals surface area contributed by atoms with E-state index in [9.17, 15) is 18.0 Å². The van der Waals surface area contributed by atoms with E-state index in [1.807, 2.05) is 51.1 Å². The number of nitrogens with zero attached hydrogens (tertiary/aromatic N) is 2. The van der Waals surface area contributed by atoms with Gasteiger partial charge < -0.3 is 10.2 Å². The van der Waals surface area contributed by atoms with Gasteiger partial charge in [-0.3, -0.25) is 13.9 Å². The summed E-state index contributed by atoms with van der Waals surface area (Å²) < 4.78 is 29.4. The Bertz CT molecular complexity index is 1780. The Balaban J connectivity index is 1.87. The van der Waals surface area contributed by atoms with Crippen molar-refractivity contribution in [1.82, 2.24) is 10.2 Å². The lowest BCUT2D eigenvalue weighted by Crippen LogP contribution is -2.54. The number of aryl methyl sites for hydroxylation is 1. The molecule has 0 aromatic heterocycles. The summed E-state index contributed by atoms with van der Waals surface area (Å²) in [6, 6.07) is 23.5. The van der Waals surface area contributed by atoms with Crippen molar-refractivity contribution in [3.8, 4) is 0 Å². The number of carbonyl (C=O) groups is 2. The maximum absolute atomic E-state index is 14.6. The number of amides is 2. The summed E-state index contributed by atoms with van der Waals surface area (Å²) in [5.74, 6) is -1.08. The monoisotopic (exact) mass is 733 g/mol. The van der Waals surface area contributed by atoms with Gasteiger partial charge in [0.15, 0.2) is 0 Å². The number of hydrogen-bond acceptors (Lipinski definition) is 4. The molecule has 4 aromatic carbocycles. The summed E-state index contributed by atoms with van der Waals surface area (Å²) in [5.41, 5.74) is 2.15. The van der Waals surface area contributed by atoms with Crippen molar-refractivity contribution >= 4 is 73.9 Å². The molecular formula is C35H35Cl4N3O4S. The fourth-order valence-corrected chi connectivity index (χ4v) is 7.33. The molecule has 2 amide bonds. The second kappa shape index (κ2) is 16.2. The van der Waals surface area contributed by atoms with Gasteiger partial charge in [0.05, 0.1) is 10.6 Å². The molecule has 0 aliphatic heterocycles. The minimum Gasteiger partial charge on any atom is -0.352 e. The Morgan fingerprint density at radius 1 is 0.830 bits per heavy atom. The van der Waals surface area contributed by atoms with Crippen LogP contribution >= 0.6 is 46.4 Å². The molecule has 248 valence electrons. The Hall–Kier alpha value is -3.27. The molecule has 2 atom stereocenters. The first kappa shape index (κ1) is 36.6. The molecule has 2 unspecified atom stereocenters. The van der Waals surface area contributed by atoms with Gasteiger partial charge >= 0.3 is 0 Å². The van der Waals surface area contributed by atoms with Crippen molar-refractivity contribution in [2.45, 2.75) is 57.1 Å². The third kappa shape index (κ3) is 9.42. The van der Waals surface area contributed by atoms with Crippen molar-refractivity contribution in [3.63, 3.8) is 0 Å². The van der Waals surface area contributed by atoms with Gasteiger partial charge in [0.25, 0.3) is 10.0 Å². The molecule has 47 heavy (non-hydrogen) atoms. The summed E-state index contributed by atoms with van der Waals surface area (Å²) in [7, 11) is -4.33. The number of halogens is 4. The zero-order chi connectivity index (χ0) is 34.3. The average molecular weight is 736 g/mol. The lowest BCUT2D eigenvalue weighted by atomic mass is 10.0. The van der Waals surface area contributed by atoms with Gasteiger partial charge in [-0.2, -0.15) is 0 Å². The third-order valence-electron chi connectivity index (χ3n) is 7.69. The molecule has 0 aliphatic carbocycles. The first-order chi connectivity index (χ1) is 22.3. The number of sulfonamides is 1. The smallest absolute Gasteiger partial charge is 0.264 e. The maximum atomic E-state index is 14.6. The van der Waals surface area contributed by atoms with Crippen LogP contribution in [-0.2, 0) is 32.6 Å². The van der Waals surface area contributed by atoms with Crippen LogP contribution < -0.4 is 9.62 Å². The van der Waals surface area contributed by atoms with Gasteiger partial charge in [-0.05, 0) is 68.3 Å². The molecular weight excluding hydrogens is 700 g/mol. The Labute approximate surface area is 296 Å². The van der Waals surface area contributed by atoms with Crippen molar-refractivity contribution in [1.29, 1.82) is 0 Å². The van der Waals surface area contributed by atoms with E-state index in [0.29, 0.717) is 22.0 Å². The van der Waals surface area contributed by atoms with Crippen LogP contribution in [-0.4, -0.2) is 43.8 Å². The van der Waals surface area contributed by atoms with Gasteiger partial charge in [-0.25, -0.2) is 8.42 Å². The molecule has 0 bridgehead atoms. The second-order valence-electron chi connectivity index (χ2n) is 11.2. The van der Waals surface area contributed by atoms with E-state index in [1.165, 1.54) is 35.2 Å². The van der Waals surface area contributed by atoms with Crippen LogP contribution in [0, 0.1) is 6.92 Å². The minimum absolute atomic E-state index is 0.0388. The van der Waals surface area contributed by atoms with Gasteiger partial charge in [0.1, 0.15) is 12.6 Å². The number of hydrogen-bond donors (Lipinski definition) is 1. The largest absolute Gasteiger partial charge is 0.352 e. The van der Waals surface area contributed by atoms with E-state index < -0.39 is 34.4 Å². The molecule has 0 heterocycles. The lowest BCUT2D eigenvalue weighted by Gasteiger charge is -2.34. The van der Waals surface area contributed by atoms with Crippen LogP contribution in [0.1, 0.15) is 37.0 Å². The Kier molecular flexibility index (Phi) is 12.6. The van der Waals surface area contributed by atoms with E-state index in [-0.39, 0.29) is 39.6 Å². The Morgan fingerprint density at radius 3 is 2.00 bits per heavy atom. The topological polar surface area (TPSA) is 86.8 Å². The van der Waals surface area contributed by atoms with Crippen molar-refractivity contribution in [3.05, 3.63) is 128 Å². The SMILES string of the molecule is CCC(C)NC(=O)C(Cc1ccccc1)N(Cc1c(Cl)cccc1Cl)C(=O)CN(c1cc(Cl)cc(Cl)c1)S(=O)(=O)c1ccc(C)cc1. The molecule has 4 rings (SSSR count). The number of benzene rings is 4. The predicted molar refractivity (Wildman–Crippen MR) is 191 cm³/mol. The normalized spacial score (nSPS) is 12.7. The highest BCUT2D eigenvalue weighted by Crippen LogP contribution is 2.32. The highest BCUT2D eigenvalue weighted by Gasteiger charge is 2.35. The molecule has 12 heteroatoms. The van der Waals surface area contributed by atoms with Gasteiger partial charge in [0.2, 0.25) is 11.8 Å². The minimum atomic E-state index is -4.33. The fraction of sp³-hybridized carbons (Fsp3) is 0.257. The zero-order valence-electron chi connectivity index (χ0n) is 26.1. The van der Waals surface area contributed by atoms with Crippen molar-refractivity contribution < 1.29 is 18.0 Å². The first-order valence-electron chi connectivity index (χ1n) is 14.9. The van der Waals surface area contributed by atoms with Crippen LogP contribution in [0.4, 0.5) is 5.69 Å². The standard InChI is InChI=1S/C35H35Cl4N3O4S/c1-4-24(3)40-35(44)33(17-25-9-6-5-7-10-25)41(21-30-31(38)11-8-12-32(30)39)34(43)22-42(28-19-26(36)18-27(37)20-28)47(45,46)29-15-13-23(2)14-16-29/h5-16,18-20,24,33H,4,17,21-22H2,1-3H3,(H,40,44). The van der Waals surface area contributed by atoms with Crippen LogP contribution in [0.3, 0.4) is 0 Å². The molecule has 0 radical (unpaired) electrons. The molecule has 0 saturated carbocycles. The van der Waals surface area contributed by atoms with Gasteiger partial charge in [-0.1, -0.05) is 107 Å². The number of anilines is 1. The summed E-state index contributed by atoms with van der Waals surface area (Å²) in [6.07, 6.45) is 0.802. The number of nitrogens with one attached hydrogen (secondary N) is 1. The van der Waals surface area contributed by atoms with E-state index in [1.54, 1.807) is 30.3 Å². The van der Waals surface area contributed by atoms with Crippen LogP contribution in [0.25, 0.3) is 0 Å². The third-order valence-corrected chi connectivity index (χ3v) is 10.6. The quantitative estimate of drug-likeness (QED) is 0.150. The average Bonchev–Trinajstić information content (AvgIpc) is 3.02. The molecule has 0 aliphatic rings. The van der Waals surface area contributed by atoms with Crippen LogP contribution in [0.5, 0.6) is 0 Å². The fourth-order valence-electron chi connectivity index (χ4n) is 4.90. The van der Waals surface area contributed by atoms with E-state index >= 15 is 0 Å². The molecule has 1 N–H and O–H groups in total. The van der Waals surface area contributed by atoms with Crippen LogP contribution in [0.15, 0.2) is 95.9 Å². The maximum Gasteiger partial charge on any atom is 0.264 e. The summed E-state index contributed by atoms with van der Waals surface area (Å²) in [5, 5.41) is 3.94. The van der Waals surface area contributed by atoms with E-state index in [0.717, 1.165) is 15.4 Å². The predicted octanol–water partition coefficient (Wildman–Crippen LogP) is 8.36. The van der Waals surface area contributed by atoms with Crippen molar-refractivity contribution in [2.24, 2.45) is 0 Å². The van der Waals surface area contributed by atoms with Crippen LogP contribution in [0.2, 0.25) is 20.1 Å². The number of carbonyl (C=O) groups excluding carboxylic acids is 2. The van der Waals surface area contributed by atoms with Gasteiger partial charge in [-0.15, -0.1) is 0 Å². The summed E-state index contributed by atoms with van der Waals surface area (Å²) in [4.78, 5) is 29.9. The summed E-state index contributed by atoms with van der Waals surface area (Å²) >= 11 is 25.8. The molecule has 0 saturated heterocycles.